The summed E-state index contributed by atoms with van der Waals surface area (Å²) in [6.45, 7) is 0. The maximum Gasteiger partial charge on any atom is 0.288 e. The Morgan fingerprint density at radius 2 is 1.72 bits per heavy atom. The quantitative estimate of drug-likeness (QED) is 0.508. The average Bonchev–Trinajstić information content (AvgIpc) is 3.20. The highest BCUT2D eigenvalue weighted by Gasteiger charge is 2.12. The van der Waals surface area contributed by atoms with Crippen LogP contribution in [-0.4, -0.2) is 21.8 Å². The molecule has 0 aliphatic carbocycles. The predicted octanol–water partition coefficient (Wildman–Crippen LogP) is 3.50. The van der Waals surface area contributed by atoms with E-state index in [-0.39, 0.29) is 17.9 Å². The first-order valence-corrected chi connectivity index (χ1v) is 9.62. The molecule has 4 aromatic rings. The number of para-hydroxylation sites is 1. The summed E-state index contributed by atoms with van der Waals surface area (Å²) in [7, 11) is 0. The minimum absolute atomic E-state index is 0.00310. The van der Waals surface area contributed by atoms with Gasteiger partial charge in [0.1, 0.15) is 16.5 Å². The van der Waals surface area contributed by atoms with Gasteiger partial charge in [0, 0.05) is 16.3 Å². The van der Waals surface area contributed by atoms with Gasteiger partial charge in [0.2, 0.25) is 5.91 Å². The van der Waals surface area contributed by atoms with Crippen LogP contribution in [0, 0.1) is 5.82 Å². The van der Waals surface area contributed by atoms with Gasteiger partial charge in [-0.15, -0.1) is 11.3 Å². The van der Waals surface area contributed by atoms with Crippen molar-refractivity contribution in [1.82, 2.24) is 20.8 Å². The van der Waals surface area contributed by atoms with Crippen molar-refractivity contribution in [3.63, 3.8) is 0 Å². The van der Waals surface area contributed by atoms with Gasteiger partial charge in [-0.05, 0) is 36.4 Å². The van der Waals surface area contributed by atoms with Gasteiger partial charge >= 0.3 is 0 Å². The number of rotatable bonds is 4. The lowest BCUT2D eigenvalue weighted by Gasteiger charge is -2.07. The zero-order valence-corrected chi connectivity index (χ0v) is 15.9. The molecule has 0 radical (unpaired) electrons. The molecule has 0 atom stereocenters. The van der Waals surface area contributed by atoms with E-state index in [4.69, 9.17) is 0 Å². The van der Waals surface area contributed by atoms with E-state index in [2.05, 4.69) is 20.8 Å². The van der Waals surface area contributed by atoms with Crippen LogP contribution in [0.25, 0.3) is 21.5 Å². The molecule has 6 nitrogen and oxygen atoms in total. The van der Waals surface area contributed by atoms with Crippen LogP contribution in [0.4, 0.5) is 4.39 Å². The minimum Gasteiger partial charge on any atom is -0.273 e. The first-order valence-electron chi connectivity index (χ1n) is 8.74. The molecule has 2 aromatic heterocycles. The molecule has 0 saturated heterocycles. The number of aromatic nitrogens is 2. The fourth-order valence-electron chi connectivity index (χ4n) is 2.70. The van der Waals surface area contributed by atoms with Crippen molar-refractivity contribution in [3.8, 4) is 10.6 Å². The fraction of sp³-hybridized carbons (Fsp3) is 0.0476. The van der Waals surface area contributed by atoms with Crippen molar-refractivity contribution < 1.29 is 14.0 Å². The largest absolute Gasteiger partial charge is 0.288 e. The third kappa shape index (κ3) is 4.44. The van der Waals surface area contributed by atoms with Crippen molar-refractivity contribution >= 4 is 34.1 Å². The second-order valence-corrected chi connectivity index (χ2v) is 7.08. The van der Waals surface area contributed by atoms with Crippen LogP contribution in [0.2, 0.25) is 0 Å². The molecule has 0 bridgehead atoms. The topological polar surface area (TPSA) is 84.0 Å². The zero-order chi connectivity index (χ0) is 20.2. The molecule has 2 aromatic carbocycles. The maximum atomic E-state index is 13.0. The number of carbonyl (C=O) groups excluding carboxylic acids is 2. The van der Waals surface area contributed by atoms with Crippen LogP contribution in [0.3, 0.4) is 0 Å². The molecule has 0 spiro atoms. The van der Waals surface area contributed by atoms with Crippen LogP contribution >= 0.6 is 11.3 Å². The van der Waals surface area contributed by atoms with Gasteiger partial charge in [-0.1, -0.05) is 24.3 Å². The molecule has 0 aliphatic heterocycles. The molecule has 8 heteroatoms. The molecule has 2 heterocycles. The Labute approximate surface area is 169 Å². The molecule has 0 unspecified atom stereocenters. The number of hydrogen-bond acceptors (Lipinski definition) is 5. The normalized spacial score (nSPS) is 10.7. The van der Waals surface area contributed by atoms with Gasteiger partial charge in [0.25, 0.3) is 5.91 Å². The predicted molar refractivity (Wildman–Crippen MR) is 109 cm³/mol. The first-order chi connectivity index (χ1) is 14.1. The highest BCUT2D eigenvalue weighted by atomic mass is 32.1. The van der Waals surface area contributed by atoms with E-state index in [0.717, 1.165) is 10.9 Å². The molecule has 144 valence electrons. The molecule has 29 heavy (non-hydrogen) atoms. The summed E-state index contributed by atoms with van der Waals surface area (Å²) < 4.78 is 13.0. The summed E-state index contributed by atoms with van der Waals surface area (Å²) in [6.07, 6.45) is 0.00310. The van der Waals surface area contributed by atoms with Crippen molar-refractivity contribution in [1.29, 1.82) is 0 Å². The lowest BCUT2D eigenvalue weighted by Crippen LogP contribution is -2.42. The number of fused-ring (bicyclic) bond motifs is 1. The van der Waals surface area contributed by atoms with Gasteiger partial charge in [-0.2, -0.15) is 0 Å². The van der Waals surface area contributed by atoms with Crippen LogP contribution in [0.1, 0.15) is 16.2 Å². The third-order valence-electron chi connectivity index (χ3n) is 4.13. The Kier molecular flexibility index (Phi) is 5.26. The van der Waals surface area contributed by atoms with E-state index in [1.807, 2.05) is 24.3 Å². The Morgan fingerprint density at radius 1 is 0.931 bits per heavy atom. The number of nitrogens with one attached hydrogen (secondary N) is 2. The molecular formula is C21H15FN4O2S. The van der Waals surface area contributed by atoms with E-state index in [0.29, 0.717) is 16.2 Å². The van der Waals surface area contributed by atoms with Gasteiger partial charge in [0.15, 0.2) is 0 Å². The minimum atomic E-state index is -0.505. The molecule has 0 saturated carbocycles. The van der Waals surface area contributed by atoms with Crippen molar-refractivity contribution in [3.05, 3.63) is 83.2 Å². The second kappa shape index (κ2) is 8.15. The molecule has 0 fully saturated rings. The molecule has 0 aliphatic rings. The number of halogens is 1. The second-order valence-electron chi connectivity index (χ2n) is 6.22. The van der Waals surface area contributed by atoms with Gasteiger partial charge < -0.3 is 0 Å². The Morgan fingerprint density at radius 3 is 2.55 bits per heavy atom. The molecular weight excluding hydrogens is 391 g/mol. The molecule has 2 N–H and O–H groups in total. The van der Waals surface area contributed by atoms with Gasteiger partial charge in [-0.3, -0.25) is 20.4 Å². The lowest BCUT2D eigenvalue weighted by molar-refractivity contribution is -0.121. The number of hydrogen-bond donors (Lipinski definition) is 2. The van der Waals surface area contributed by atoms with E-state index < -0.39 is 11.8 Å². The summed E-state index contributed by atoms with van der Waals surface area (Å²) in [5.41, 5.74) is 6.97. The Balaban J connectivity index is 1.35. The van der Waals surface area contributed by atoms with Crippen LogP contribution in [0.15, 0.2) is 66.0 Å². The van der Waals surface area contributed by atoms with Crippen LogP contribution < -0.4 is 10.9 Å². The van der Waals surface area contributed by atoms with Gasteiger partial charge in [-0.25, -0.2) is 14.4 Å². The summed E-state index contributed by atoms with van der Waals surface area (Å²) in [6, 6.07) is 16.8. The highest BCUT2D eigenvalue weighted by Crippen LogP contribution is 2.24. The SMILES string of the molecule is O=C(Cc1csc(-c2ccc(F)cc2)n1)NNC(=O)c1ccc2ccccc2n1. The number of carbonyl (C=O) groups is 2. The van der Waals surface area contributed by atoms with Crippen LogP contribution in [0.5, 0.6) is 0 Å². The molecule has 2 amide bonds. The number of thiazole rings is 1. The standard InChI is InChI=1S/C21H15FN4O2S/c22-15-8-5-14(6-9-15)21-23-16(12-29-21)11-19(27)25-26-20(28)18-10-7-13-3-1-2-4-17(13)24-18/h1-10,12H,11H2,(H,25,27)(H,26,28). The van der Waals surface area contributed by atoms with E-state index in [1.54, 1.807) is 29.6 Å². The Hall–Kier alpha value is -3.65. The van der Waals surface area contributed by atoms with E-state index in [1.165, 1.54) is 23.5 Å². The van der Waals surface area contributed by atoms with Crippen molar-refractivity contribution in [2.75, 3.05) is 0 Å². The maximum absolute atomic E-state index is 13.0. The summed E-state index contributed by atoms with van der Waals surface area (Å²) in [4.78, 5) is 33.0. The van der Waals surface area contributed by atoms with Crippen LogP contribution in [-0.2, 0) is 11.2 Å². The number of pyridine rings is 1. The molecule has 4 rings (SSSR count). The van der Waals surface area contributed by atoms with E-state index >= 15 is 0 Å². The lowest BCUT2D eigenvalue weighted by atomic mass is 10.2. The third-order valence-corrected chi connectivity index (χ3v) is 5.07. The monoisotopic (exact) mass is 406 g/mol. The Bertz CT molecular complexity index is 1190. The average molecular weight is 406 g/mol. The smallest absolute Gasteiger partial charge is 0.273 e. The highest BCUT2D eigenvalue weighted by molar-refractivity contribution is 7.13. The van der Waals surface area contributed by atoms with Crippen molar-refractivity contribution in [2.24, 2.45) is 0 Å². The number of benzene rings is 2. The van der Waals surface area contributed by atoms with E-state index in [9.17, 15) is 14.0 Å². The fourth-order valence-corrected chi connectivity index (χ4v) is 3.53. The number of amides is 2. The summed E-state index contributed by atoms with van der Waals surface area (Å²) in [5, 5.41) is 3.37. The first kappa shape index (κ1) is 18.7. The number of hydrazine groups is 1. The summed E-state index contributed by atoms with van der Waals surface area (Å²) >= 11 is 1.36. The van der Waals surface area contributed by atoms with Crippen molar-refractivity contribution in [2.45, 2.75) is 6.42 Å². The summed E-state index contributed by atoms with van der Waals surface area (Å²) in [5.74, 6) is -1.23. The zero-order valence-electron chi connectivity index (χ0n) is 15.1. The number of nitrogens with zero attached hydrogens (tertiary/aromatic N) is 2. The van der Waals surface area contributed by atoms with Gasteiger partial charge in [0.05, 0.1) is 17.6 Å².